The highest BCUT2D eigenvalue weighted by Gasteiger charge is 2.19. The monoisotopic (exact) mass is 309 g/mol. The summed E-state index contributed by atoms with van der Waals surface area (Å²) in [6.45, 7) is 7.41. The van der Waals surface area contributed by atoms with Gasteiger partial charge >= 0.3 is 0 Å². The highest BCUT2D eigenvalue weighted by atomic mass is 79.9. The molecule has 0 fully saturated rings. The van der Waals surface area contributed by atoms with Gasteiger partial charge < -0.3 is 10.3 Å². The molecular formula is C14H20BrN3. The first-order valence-electron chi connectivity index (χ1n) is 6.45. The Morgan fingerprint density at radius 2 is 2.11 bits per heavy atom. The smallest absolute Gasteiger partial charge is 0.127 e. The van der Waals surface area contributed by atoms with Gasteiger partial charge in [0.2, 0.25) is 0 Å². The molecule has 1 aromatic carbocycles. The third-order valence-electron chi connectivity index (χ3n) is 3.20. The fourth-order valence-electron chi connectivity index (χ4n) is 2.13. The first-order valence-corrected chi connectivity index (χ1v) is 7.25. The maximum absolute atomic E-state index is 6.28. The lowest BCUT2D eigenvalue weighted by molar-refractivity contribution is 0.467. The highest BCUT2D eigenvalue weighted by Crippen LogP contribution is 2.26. The number of nitrogens with two attached hydrogens (primary N) is 1. The Balaban J connectivity index is 2.60. The molecule has 0 saturated carbocycles. The van der Waals surface area contributed by atoms with Gasteiger partial charge in [-0.3, -0.25) is 0 Å². The van der Waals surface area contributed by atoms with Crippen LogP contribution in [0.4, 0.5) is 0 Å². The highest BCUT2D eigenvalue weighted by molar-refractivity contribution is 9.10. The summed E-state index contributed by atoms with van der Waals surface area (Å²) in [5, 5.41) is 0. The minimum atomic E-state index is -0.0114. The summed E-state index contributed by atoms with van der Waals surface area (Å²) in [4.78, 5) is 4.72. The second kappa shape index (κ2) is 5.41. The molecule has 2 N–H and O–H groups in total. The zero-order valence-electron chi connectivity index (χ0n) is 11.2. The number of nitrogens with zero attached hydrogens (tertiary/aromatic N) is 2. The van der Waals surface area contributed by atoms with E-state index < -0.39 is 0 Å². The Kier molecular flexibility index (Phi) is 4.07. The van der Waals surface area contributed by atoms with Gasteiger partial charge in [-0.15, -0.1) is 0 Å². The largest absolute Gasteiger partial charge is 0.327 e. The molecule has 2 rings (SSSR count). The first-order chi connectivity index (χ1) is 8.54. The van der Waals surface area contributed by atoms with Gasteiger partial charge in [-0.2, -0.15) is 0 Å². The molecule has 1 unspecified atom stereocenters. The second-order valence-electron chi connectivity index (χ2n) is 5.02. The molecule has 0 saturated heterocycles. The molecule has 0 aliphatic rings. The molecule has 0 bridgehead atoms. The predicted molar refractivity (Wildman–Crippen MR) is 79.5 cm³/mol. The average molecular weight is 310 g/mol. The standard InChI is InChI=1S/C14H20BrN3/c1-4-7-18-12-6-5-10(15)8-11(12)17-14(18)13(16)9(2)3/h5-6,8-9,13H,4,7,16H2,1-3H3. The van der Waals surface area contributed by atoms with Gasteiger partial charge in [-0.05, 0) is 30.5 Å². The third kappa shape index (κ3) is 2.45. The summed E-state index contributed by atoms with van der Waals surface area (Å²) in [7, 11) is 0. The number of fused-ring (bicyclic) bond motifs is 1. The van der Waals surface area contributed by atoms with Crippen LogP contribution >= 0.6 is 15.9 Å². The van der Waals surface area contributed by atoms with Crippen molar-refractivity contribution in [3.05, 3.63) is 28.5 Å². The predicted octanol–water partition coefficient (Wildman–Crippen LogP) is 3.86. The average Bonchev–Trinajstić information content (AvgIpc) is 2.66. The molecule has 0 spiro atoms. The minimum Gasteiger partial charge on any atom is -0.327 e. The summed E-state index contributed by atoms with van der Waals surface area (Å²) in [6, 6.07) is 6.21. The van der Waals surface area contributed by atoms with E-state index in [1.165, 1.54) is 5.52 Å². The second-order valence-corrected chi connectivity index (χ2v) is 5.94. The van der Waals surface area contributed by atoms with E-state index in [0.717, 1.165) is 28.8 Å². The van der Waals surface area contributed by atoms with Crippen molar-refractivity contribution in [2.45, 2.75) is 39.8 Å². The number of aromatic nitrogens is 2. The van der Waals surface area contributed by atoms with Gasteiger partial charge in [-0.1, -0.05) is 36.7 Å². The number of imidazole rings is 1. The third-order valence-corrected chi connectivity index (χ3v) is 3.70. The molecule has 0 amide bonds. The van der Waals surface area contributed by atoms with Crippen LogP contribution in [0.5, 0.6) is 0 Å². The van der Waals surface area contributed by atoms with E-state index in [9.17, 15) is 0 Å². The van der Waals surface area contributed by atoms with Gasteiger partial charge in [0, 0.05) is 11.0 Å². The quantitative estimate of drug-likeness (QED) is 0.932. The molecule has 2 aromatic rings. The van der Waals surface area contributed by atoms with Crippen molar-refractivity contribution in [3.8, 4) is 0 Å². The maximum Gasteiger partial charge on any atom is 0.127 e. The zero-order valence-corrected chi connectivity index (χ0v) is 12.7. The van der Waals surface area contributed by atoms with Crippen LogP contribution in [0.2, 0.25) is 0 Å². The fourth-order valence-corrected chi connectivity index (χ4v) is 2.48. The van der Waals surface area contributed by atoms with Crippen molar-refractivity contribution in [2.75, 3.05) is 0 Å². The van der Waals surface area contributed by atoms with Crippen molar-refractivity contribution in [1.82, 2.24) is 9.55 Å². The molecule has 1 aromatic heterocycles. The summed E-state index contributed by atoms with van der Waals surface area (Å²) >= 11 is 3.49. The summed E-state index contributed by atoms with van der Waals surface area (Å²) in [5.74, 6) is 1.39. The van der Waals surface area contributed by atoms with Crippen LogP contribution < -0.4 is 5.73 Å². The molecule has 4 heteroatoms. The summed E-state index contributed by atoms with van der Waals surface area (Å²) < 4.78 is 3.31. The van der Waals surface area contributed by atoms with Crippen molar-refractivity contribution in [3.63, 3.8) is 0 Å². The van der Waals surface area contributed by atoms with Gasteiger partial charge in [0.15, 0.2) is 0 Å². The van der Waals surface area contributed by atoms with Crippen molar-refractivity contribution >= 4 is 27.0 Å². The van der Waals surface area contributed by atoms with E-state index in [-0.39, 0.29) is 6.04 Å². The number of rotatable bonds is 4. The van der Waals surface area contributed by atoms with Gasteiger partial charge in [0.25, 0.3) is 0 Å². The molecule has 0 aliphatic carbocycles. The van der Waals surface area contributed by atoms with Gasteiger partial charge in [-0.25, -0.2) is 4.98 Å². The lowest BCUT2D eigenvalue weighted by Crippen LogP contribution is -2.21. The lowest BCUT2D eigenvalue weighted by Gasteiger charge is -2.17. The lowest BCUT2D eigenvalue weighted by atomic mass is 10.1. The Hall–Kier alpha value is -0.870. The molecule has 98 valence electrons. The Labute approximate surface area is 117 Å². The molecule has 0 aliphatic heterocycles. The number of aryl methyl sites for hydroxylation is 1. The zero-order chi connectivity index (χ0) is 13.3. The van der Waals surface area contributed by atoms with E-state index in [1.54, 1.807) is 0 Å². The fraction of sp³-hybridized carbons (Fsp3) is 0.500. The van der Waals surface area contributed by atoms with Crippen LogP contribution in [-0.2, 0) is 6.54 Å². The Morgan fingerprint density at radius 1 is 1.39 bits per heavy atom. The SMILES string of the molecule is CCCn1c(C(N)C(C)C)nc2cc(Br)ccc21. The van der Waals surface area contributed by atoms with Crippen LogP contribution in [0, 0.1) is 5.92 Å². The minimum absolute atomic E-state index is 0.0114. The molecule has 0 radical (unpaired) electrons. The van der Waals surface area contributed by atoms with Gasteiger partial charge in [0.1, 0.15) is 5.82 Å². The maximum atomic E-state index is 6.28. The Bertz CT molecular complexity index is 545. The topological polar surface area (TPSA) is 43.8 Å². The van der Waals surface area contributed by atoms with E-state index in [1.807, 2.05) is 0 Å². The Morgan fingerprint density at radius 3 is 2.72 bits per heavy atom. The first kappa shape index (κ1) is 13.6. The summed E-state index contributed by atoms with van der Waals surface area (Å²) in [6.07, 6.45) is 1.08. The van der Waals surface area contributed by atoms with E-state index in [2.05, 4.69) is 59.5 Å². The molecule has 1 heterocycles. The van der Waals surface area contributed by atoms with Crippen LogP contribution in [0.3, 0.4) is 0 Å². The van der Waals surface area contributed by atoms with E-state index >= 15 is 0 Å². The number of halogens is 1. The summed E-state index contributed by atoms with van der Waals surface area (Å²) in [5.41, 5.74) is 8.47. The van der Waals surface area contributed by atoms with Crippen LogP contribution in [0.1, 0.15) is 39.1 Å². The van der Waals surface area contributed by atoms with Gasteiger partial charge in [0.05, 0.1) is 17.1 Å². The van der Waals surface area contributed by atoms with Crippen molar-refractivity contribution < 1.29 is 0 Å². The molecular weight excluding hydrogens is 290 g/mol. The van der Waals surface area contributed by atoms with Crippen LogP contribution in [-0.4, -0.2) is 9.55 Å². The van der Waals surface area contributed by atoms with Crippen LogP contribution in [0.25, 0.3) is 11.0 Å². The molecule has 3 nitrogen and oxygen atoms in total. The van der Waals surface area contributed by atoms with Crippen molar-refractivity contribution in [2.24, 2.45) is 11.7 Å². The number of hydrogen-bond donors (Lipinski definition) is 1. The molecule has 1 atom stereocenters. The number of hydrogen-bond acceptors (Lipinski definition) is 2. The number of benzene rings is 1. The van der Waals surface area contributed by atoms with Crippen LogP contribution in [0.15, 0.2) is 22.7 Å². The molecule has 18 heavy (non-hydrogen) atoms. The normalized spacial score (nSPS) is 13.4. The van der Waals surface area contributed by atoms with Crippen molar-refractivity contribution in [1.29, 1.82) is 0 Å². The van der Waals surface area contributed by atoms with E-state index in [4.69, 9.17) is 10.7 Å². The van der Waals surface area contributed by atoms with E-state index in [0.29, 0.717) is 5.92 Å².